The summed E-state index contributed by atoms with van der Waals surface area (Å²) in [5.41, 5.74) is 1.60. The minimum Gasteiger partial charge on any atom is -0.462 e. The SMILES string of the molecule is CNC(c1ccc(F)c(C)c1)c1ccc(COC)o1. The van der Waals surface area contributed by atoms with Gasteiger partial charge in [0.2, 0.25) is 0 Å². The van der Waals surface area contributed by atoms with E-state index in [0.717, 1.165) is 17.1 Å². The first-order chi connectivity index (χ1) is 9.15. The number of methoxy groups -OCH3 is 1. The van der Waals surface area contributed by atoms with Crippen molar-refractivity contribution in [3.05, 3.63) is 58.8 Å². The molecule has 19 heavy (non-hydrogen) atoms. The van der Waals surface area contributed by atoms with Gasteiger partial charge in [0.25, 0.3) is 0 Å². The molecule has 1 aromatic heterocycles. The van der Waals surface area contributed by atoms with Gasteiger partial charge in [0.1, 0.15) is 23.9 Å². The Balaban J connectivity index is 2.29. The van der Waals surface area contributed by atoms with E-state index < -0.39 is 0 Å². The Hall–Kier alpha value is -1.65. The zero-order chi connectivity index (χ0) is 13.8. The summed E-state index contributed by atoms with van der Waals surface area (Å²) in [5.74, 6) is 1.37. The second-order valence-corrected chi connectivity index (χ2v) is 4.47. The molecule has 1 heterocycles. The van der Waals surface area contributed by atoms with Crippen molar-refractivity contribution in [3.63, 3.8) is 0 Å². The van der Waals surface area contributed by atoms with E-state index in [4.69, 9.17) is 9.15 Å². The van der Waals surface area contributed by atoms with Gasteiger partial charge >= 0.3 is 0 Å². The maximum atomic E-state index is 13.3. The second-order valence-electron chi connectivity index (χ2n) is 4.47. The smallest absolute Gasteiger partial charge is 0.129 e. The quantitative estimate of drug-likeness (QED) is 0.899. The van der Waals surface area contributed by atoms with Gasteiger partial charge in [-0.1, -0.05) is 12.1 Å². The van der Waals surface area contributed by atoms with Crippen molar-refractivity contribution in [1.82, 2.24) is 5.32 Å². The monoisotopic (exact) mass is 263 g/mol. The summed E-state index contributed by atoms with van der Waals surface area (Å²) in [4.78, 5) is 0. The molecular weight excluding hydrogens is 245 g/mol. The van der Waals surface area contributed by atoms with E-state index in [1.54, 1.807) is 20.1 Å². The zero-order valence-electron chi connectivity index (χ0n) is 11.4. The van der Waals surface area contributed by atoms with Crippen LogP contribution in [0.1, 0.15) is 28.7 Å². The van der Waals surface area contributed by atoms with Crippen LogP contribution in [0.2, 0.25) is 0 Å². The topological polar surface area (TPSA) is 34.4 Å². The molecule has 0 bridgehead atoms. The number of ether oxygens (including phenoxy) is 1. The Labute approximate surface area is 112 Å². The number of hydrogen-bond acceptors (Lipinski definition) is 3. The average molecular weight is 263 g/mol. The van der Waals surface area contributed by atoms with E-state index in [-0.39, 0.29) is 11.9 Å². The number of furan rings is 1. The molecule has 4 heteroatoms. The lowest BCUT2D eigenvalue weighted by molar-refractivity contribution is 0.162. The molecule has 0 aliphatic heterocycles. The normalized spacial score (nSPS) is 12.6. The lowest BCUT2D eigenvalue weighted by atomic mass is 10.0. The van der Waals surface area contributed by atoms with Crippen molar-refractivity contribution in [2.75, 3.05) is 14.2 Å². The first-order valence-corrected chi connectivity index (χ1v) is 6.16. The minimum atomic E-state index is -0.196. The third kappa shape index (κ3) is 3.03. The van der Waals surface area contributed by atoms with Gasteiger partial charge in [0.05, 0.1) is 6.04 Å². The highest BCUT2D eigenvalue weighted by molar-refractivity contribution is 5.31. The Bertz CT molecular complexity index is 551. The molecule has 1 aromatic carbocycles. The van der Waals surface area contributed by atoms with Crippen molar-refractivity contribution in [2.45, 2.75) is 19.6 Å². The summed E-state index contributed by atoms with van der Waals surface area (Å²) in [5, 5.41) is 3.18. The van der Waals surface area contributed by atoms with E-state index >= 15 is 0 Å². The molecule has 0 saturated heterocycles. The van der Waals surface area contributed by atoms with Crippen molar-refractivity contribution < 1.29 is 13.5 Å². The Morgan fingerprint density at radius 3 is 2.74 bits per heavy atom. The molecule has 0 fully saturated rings. The molecule has 0 spiro atoms. The maximum absolute atomic E-state index is 13.3. The minimum absolute atomic E-state index is 0.0927. The van der Waals surface area contributed by atoms with Crippen LogP contribution in [0.5, 0.6) is 0 Å². The third-order valence-electron chi connectivity index (χ3n) is 3.06. The van der Waals surface area contributed by atoms with Crippen LogP contribution in [-0.2, 0) is 11.3 Å². The predicted molar refractivity (Wildman–Crippen MR) is 71.5 cm³/mol. The molecule has 0 aliphatic carbocycles. The summed E-state index contributed by atoms with van der Waals surface area (Å²) in [6, 6.07) is 8.78. The molecule has 1 N–H and O–H groups in total. The highest BCUT2D eigenvalue weighted by Gasteiger charge is 2.17. The molecule has 0 radical (unpaired) electrons. The summed E-state index contributed by atoms with van der Waals surface area (Å²) in [6.45, 7) is 2.20. The number of hydrogen-bond donors (Lipinski definition) is 1. The molecule has 0 saturated carbocycles. The molecule has 1 atom stereocenters. The maximum Gasteiger partial charge on any atom is 0.129 e. The Kier molecular flexibility index (Phi) is 4.35. The first kappa shape index (κ1) is 13.8. The summed E-state index contributed by atoms with van der Waals surface area (Å²) in [6.07, 6.45) is 0. The zero-order valence-corrected chi connectivity index (χ0v) is 11.4. The van der Waals surface area contributed by atoms with E-state index in [1.807, 2.05) is 25.2 Å². The van der Waals surface area contributed by atoms with Crippen molar-refractivity contribution >= 4 is 0 Å². The van der Waals surface area contributed by atoms with Crippen LogP contribution in [0.3, 0.4) is 0 Å². The van der Waals surface area contributed by atoms with Gasteiger partial charge in [0, 0.05) is 7.11 Å². The number of nitrogens with one attached hydrogen (secondary N) is 1. The first-order valence-electron chi connectivity index (χ1n) is 6.16. The summed E-state index contributed by atoms with van der Waals surface area (Å²) >= 11 is 0. The van der Waals surface area contributed by atoms with E-state index in [1.165, 1.54) is 6.07 Å². The number of benzene rings is 1. The predicted octanol–water partition coefficient (Wildman–Crippen LogP) is 3.18. The van der Waals surface area contributed by atoms with Crippen LogP contribution in [0.15, 0.2) is 34.7 Å². The molecule has 3 nitrogen and oxygen atoms in total. The van der Waals surface area contributed by atoms with Crippen LogP contribution in [0, 0.1) is 12.7 Å². The highest BCUT2D eigenvalue weighted by Crippen LogP contribution is 2.25. The molecule has 1 unspecified atom stereocenters. The van der Waals surface area contributed by atoms with Crippen LogP contribution < -0.4 is 5.32 Å². The fourth-order valence-electron chi connectivity index (χ4n) is 2.09. The van der Waals surface area contributed by atoms with E-state index in [2.05, 4.69) is 5.32 Å². The number of aryl methyl sites for hydroxylation is 1. The van der Waals surface area contributed by atoms with Gasteiger partial charge in [-0.15, -0.1) is 0 Å². The van der Waals surface area contributed by atoms with Gasteiger partial charge in [-0.3, -0.25) is 0 Å². The van der Waals surface area contributed by atoms with Gasteiger partial charge < -0.3 is 14.5 Å². The largest absolute Gasteiger partial charge is 0.462 e. The Morgan fingerprint density at radius 2 is 2.11 bits per heavy atom. The van der Waals surface area contributed by atoms with Gasteiger partial charge in [-0.25, -0.2) is 4.39 Å². The van der Waals surface area contributed by atoms with Gasteiger partial charge in [0.15, 0.2) is 0 Å². The van der Waals surface area contributed by atoms with Crippen molar-refractivity contribution in [1.29, 1.82) is 0 Å². The lowest BCUT2D eigenvalue weighted by Crippen LogP contribution is -2.17. The van der Waals surface area contributed by atoms with Crippen LogP contribution in [0.25, 0.3) is 0 Å². The second kappa shape index (κ2) is 5.99. The standard InChI is InChI=1S/C15H18FNO2/c1-10-8-11(4-6-13(10)16)15(17-2)14-7-5-12(19-14)9-18-3/h4-8,15,17H,9H2,1-3H3. The molecule has 0 aliphatic rings. The number of rotatable bonds is 5. The third-order valence-corrected chi connectivity index (χ3v) is 3.06. The number of halogens is 1. The van der Waals surface area contributed by atoms with Crippen molar-refractivity contribution in [2.24, 2.45) is 0 Å². The highest BCUT2D eigenvalue weighted by atomic mass is 19.1. The Morgan fingerprint density at radius 1 is 1.32 bits per heavy atom. The molecule has 102 valence electrons. The van der Waals surface area contributed by atoms with E-state index in [9.17, 15) is 4.39 Å². The lowest BCUT2D eigenvalue weighted by Gasteiger charge is -2.15. The van der Waals surface area contributed by atoms with Gasteiger partial charge in [-0.05, 0) is 43.3 Å². The van der Waals surface area contributed by atoms with Crippen LogP contribution in [-0.4, -0.2) is 14.2 Å². The molecular formula is C15H18FNO2. The average Bonchev–Trinajstić information content (AvgIpc) is 2.83. The fourth-order valence-corrected chi connectivity index (χ4v) is 2.09. The van der Waals surface area contributed by atoms with Gasteiger partial charge in [-0.2, -0.15) is 0 Å². The molecule has 2 aromatic rings. The van der Waals surface area contributed by atoms with Crippen molar-refractivity contribution in [3.8, 4) is 0 Å². The fraction of sp³-hybridized carbons (Fsp3) is 0.333. The summed E-state index contributed by atoms with van der Waals surface area (Å²) in [7, 11) is 3.48. The molecule has 2 rings (SSSR count). The van der Waals surface area contributed by atoms with Crippen LogP contribution >= 0.6 is 0 Å². The van der Waals surface area contributed by atoms with Crippen LogP contribution in [0.4, 0.5) is 4.39 Å². The van der Waals surface area contributed by atoms with E-state index in [0.29, 0.717) is 12.2 Å². The molecule has 0 amide bonds. The summed E-state index contributed by atoms with van der Waals surface area (Å²) < 4.78 is 24.1.